The summed E-state index contributed by atoms with van der Waals surface area (Å²) in [6.45, 7) is 5.22. The maximum Gasteiger partial charge on any atom is 0.332 e. The number of carbonyl (C=O) groups excluding carboxylic acids is 1. The number of pyridine rings is 1. The Balaban J connectivity index is 1.78. The molecule has 0 aliphatic carbocycles. The van der Waals surface area contributed by atoms with Gasteiger partial charge in [0.15, 0.2) is 0 Å². The molecule has 1 atom stereocenters. The Bertz CT molecular complexity index is 1160. The molecule has 1 unspecified atom stereocenters. The van der Waals surface area contributed by atoms with Crippen molar-refractivity contribution in [2.45, 2.75) is 46.2 Å². The molecule has 0 fully saturated rings. The number of fused-ring (bicyclic) bond motifs is 1. The number of hydrogen-bond acceptors (Lipinski definition) is 4. The molecule has 29 heavy (non-hydrogen) atoms. The number of amides is 1. The second-order valence-electron chi connectivity index (χ2n) is 7.50. The van der Waals surface area contributed by atoms with Crippen LogP contribution >= 0.6 is 0 Å². The topological polar surface area (TPSA) is 86.0 Å². The highest BCUT2D eigenvalue weighted by atomic mass is 16.2. The van der Waals surface area contributed by atoms with Crippen LogP contribution in [0.15, 0.2) is 46.0 Å². The first-order valence-corrected chi connectivity index (χ1v) is 9.69. The minimum atomic E-state index is -0.549. The van der Waals surface area contributed by atoms with Crippen molar-refractivity contribution in [3.63, 3.8) is 0 Å². The maximum atomic E-state index is 12.9. The largest absolute Gasteiger partial charge is 0.352 e. The van der Waals surface area contributed by atoms with Crippen molar-refractivity contribution < 1.29 is 4.79 Å². The summed E-state index contributed by atoms with van der Waals surface area (Å²) in [4.78, 5) is 42.4. The molecule has 1 N–H and O–H groups in total. The van der Waals surface area contributed by atoms with E-state index in [1.54, 1.807) is 20.0 Å². The molecule has 3 aromatic rings. The standard InChI is InChI=1S/C22H26N4O3/c1-14-12-16(3)24-20-19(14)21(28)26(22(29)25(20)4)13-18(27)23-15(2)10-11-17-8-6-5-7-9-17/h5-9,12,15H,10-11,13H2,1-4H3,(H,23,27). The molecule has 7 heteroatoms. The van der Waals surface area contributed by atoms with E-state index < -0.39 is 11.2 Å². The second kappa shape index (κ2) is 8.43. The molecule has 152 valence electrons. The normalized spacial score (nSPS) is 12.1. The lowest BCUT2D eigenvalue weighted by Gasteiger charge is -2.15. The number of benzene rings is 1. The maximum absolute atomic E-state index is 12.9. The van der Waals surface area contributed by atoms with Gasteiger partial charge in [0.1, 0.15) is 12.2 Å². The first-order valence-electron chi connectivity index (χ1n) is 9.69. The molecule has 1 aromatic carbocycles. The Labute approximate surface area is 169 Å². The number of aromatic nitrogens is 3. The van der Waals surface area contributed by atoms with Crippen molar-refractivity contribution >= 4 is 16.9 Å². The van der Waals surface area contributed by atoms with E-state index in [9.17, 15) is 14.4 Å². The number of aryl methyl sites for hydroxylation is 4. The summed E-state index contributed by atoms with van der Waals surface area (Å²) in [5, 5.41) is 3.25. The average Bonchev–Trinajstić information content (AvgIpc) is 2.68. The van der Waals surface area contributed by atoms with Crippen LogP contribution in [0, 0.1) is 13.8 Å². The fraction of sp³-hybridized carbons (Fsp3) is 0.364. The molecule has 0 saturated carbocycles. The predicted molar refractivity (Wildman–Crippen MR) is 113 cm³/mol. The second-order valence-corrected chi connectivity index (χ2v) is 7.50. The van der Waals surface area contributed by atoms with Gasteiger partial charge >= 0.3 is 5.69 Å². The fourth-order valence-electron chi connectivity index (χ4n) is 3.52. The van der Waals surface area contributed by atoms with E-state index in [4.69, 9.17) is 0 Å². The third kappa shape index (κ3) is 4.45. The number of carbonyl (C=O) groups is 1. The monoisotopic (exact) mass is 394 g/mol. The van der Waals surface area contributed by atoms with E-state index in [1.807, 2.05) is 44.2 Å². The Kier molecular flexibility index (Phi) is 5.96. The summed E-state index contributed by atoms with van der Waals surface area (Å²) in [5.41, 5.74) is 1.97. The molecule has 0 aliphatic heterocycles. The van der Waals surface area contributed by atoms with Crippen LogP contribution in [0.5, 0.6) is 0 Å². The number of nitrogens with zero attached hydrogens (tertiary/aromatic N) is 3. The molecular weight excluding hydrogens is 368 g/mol. The third-order valence-electron chi connectivity index (χ3n) is 5.04. The summed E-state index contributed by atoms with van der Waals surface area (Å²) in [7, 11) is 1.56. The first-order chi connectivity index (χ1) is 13.8. The highest BCUT2D eigenvalue weighted by molar-refractivity contribution is 5.79. The minimum Gasteiger partial charge on any atom is -0.352 e. The molecule has 0 saturated heterocycles. The van der Waals surface area contributed by atoms with Crippen molar-refractivity contribution in [2.24, 2.45) is 7.05 Å². The first kappa shape index (κ1) is 20.5. The van der Waals surface area contributed by atoms with Crippen LogP contribution in [0.25, 0.3) is 11.0 Å². The van der Waals surface area contributed by atoms with Gasteiger partial charge in [0.05, 0.1) is 5.39 Å². The van der Waals surface area contributed by atoms with Gasteiger partial charge in [-0.2, -0.15) is 0 Å². The highest BCUT2D eigenvalue weighted by Crippen LogP contribution is 2.12. The zero-order valence-electron chi connectivity index (χ0n) is 17.2. The lowest BCUT2D eigenvalue weighted by atomic mass is 10.1. The SMILES string of the molecule is Cc1cc(C)c2c(=O)n(CC(=O)NC(C)CCc3ccccc3)c(=O)n(C)c2n1. The Morgan fingerprint density at radius 2 is 1.86 bits per heavy atom. The van der Waals surface area contributed by atoms with Crippen molar-refractivity contribution in [1.29, 1.82) is 0 Å². The van der Waals surface area contributed by atoms with Gasteiger partial charge in [-0.05, 0) is 50.8 Å². The van der Waals surface area contributed by atoms with Crippen molar-refractivity contribution in [3.05, 3.63) is 74.1 Å². The Hall–Kier alpha value is -3.22. The van der Waals surface area contributed by atoms with Gasteiger partial charge in [-0.15, -0.1) is 0 Å². The zero-order valence-corrected chi connectivity index (χ0v) is 17.2. The number of nitrogens with one attached hydrogen (secondary N) is 1. The van der Waals surface area contributed by atoms with Crippen LogP contribution < -0.4 is 16.6 Å². The van der Waals surface area contributed by atoms with Gasteiger partial charge in [0.25, 0.3) is 5.56 Å². The molecule has 2 aromatic heterocycles. The third-order valence-corrected chi connectivity index (χ3v) is 5.04. The summed E-state index contributed by atoms with van der Waals surface area (Å²) in [5.74, 6) is -0.359. The molecule has 7 nitrogen and oxygen atoms in total. The van der Waals surface area contributed by atoms with E-state index in [-0.39, 0.29) is 18.5 Å². The van der Waals surface area contributed by atoms with Crippen molar-refractivity contribution in [2.75, 3.05) is 0 Å². The fourth-order valence-corrected chi connectivity index (χ4v) is 3.52. The van der Waals surface area contributed by atoms with Gasteiger partial charge in [-0.3, -0.25) is 18.7 Å². The van der Waals surface area contributed by atoms with Gasteiger partial charge in [-0.25, -0.2) is 9.78 Å². The molecule has 0 spiro atoms. The summed E-state index contributed by atoms with van der Waals surface area (Å²) in [6, 6.07) is 11.8. The van der Waals surface area contributed by atoms with Crippen molar-refractivity contribution in [3.8, 4) is 0 Å². The minimum absolute atomic E-state index is 0.0752. The lowest BCUT2D eigenvalue weighted by molar-refractivity contribution is -0.122. The molecular formula is C22H26N4O3. The number of rotatable bonds is 6. The van der Waals surface area contributed by atoms with Crippen LogP contribution in [0.4, 0.5) is 0 Å². The van der Waals surface area contributed by atoms with Gasteiger partial charge < -0.3 is 5.32 Å². The van der Waals surface area contributed by atoms with Crippen LogP contribution in [-0.4, -0.2) is 26.1 Å². The Morgan fingerprint density at radius 1 is 1.17 bits per heavy atom. The summed E-state index contributed by atoms with van der Waals surface area (Å²) >= 11 is 0. The van der Waals surface area contributed by atoms with E-state index >= 15 is 0 Å². The molecule has 0 bridgehead atoms. The average molecular weight is 394 g/mol. The number of hydrogen-bond donors (Lipinski definition) is 1. The van der Waals surface area contributed by atoms with Gasteiger partial charge in [-0.1, -0.05) is 30.3 Å². The summed E-state index contributed by atoms with van der Waals surface area (Å²) in [6.07, 6.45) is 1.60. The van der Waals surface area contributed by atoms with E-state index in [1.165, 1.54) is 10.1 Å². The van der Waals surface area contributed by atoms with E-state index in [0.717, 1.165) is 28.7 Å². The predicted octanol–water partition coefficient (Wildman–Crippen LogP) is 1.85. The molecule has 0 radical (unpaired) electrons. The molecule has 1 amide bonds. The van der Waals surface area contributed by atoms with E-state index in [2.05, 4.69) is 10.3 Å². The van der Waals surface area contributed by atoms with Crippen LogP contribution in [-0.2, 0) is 24.8 Å². The van der Waals surface area contributed by atoms with Crippen LogP contribution in [0.2, 0.25) is 0 Å². The Morgan fingerprint density at radius 3 is 2.55 bits per heavy atom. The van der Waals surface area contributed by atoms with Gasteiger partial charge in [0, 0.05) is 18.8 Å². The zero-order chi connectivity index (χ0) is 21.1. The summed E-state index contributed by atoms with van der Waals surface area (Å²) < 4.78 is 2.30. The van der Waals surface area contributed by atoms with Crippen LogP contribution in [0.1, 0.15) is 30.2 Å². The van der Waals surface area contributed by atoms with Crippen LogP contribution in [0.3, 0.4) is 0 Å². The molecule has 3 rings (SSSR count). The lowest BCUT2D eigenvalue weighted by Crippen LogP contribution is -2.45. The molecule has 0 aliphatic rings. The smallest absolute Gasteiger partial charge is 0.332 e. The highest BCUT2D eigenvalue weighted by Gasteiger charge is 2.17. The quantitative estimate of drug-likeness (QED) is 0.691. The van der Waals surface area contributed by atoms with Gasteiger partial charge in [0.2, 0.25) is 5.91 Å². The molecule has 2 heterocycles. The van der Waals surface area contributed by atoms with E-state index in [0.29, 0.717) is 11.0 Å². The van der Waals surface area contributed by atoms with Crippen molar-refractivity contribution in [1.82, 2.24) is 19.4 Å².